The second-order valence-corrected chi connectivity index (χ2v) is 7.66. The molecule has 1 saturated heterocycles. The summed E-state index contributed by atoms with van der Waals surface area (Å²) in [5.41, 5.74) is -0.220. The van der Waals surface area contributed by atoms with Gasteiger partial charge in [-0.3, -0.25) is 4.90 Å². The maximum Gasteiger partial charge on any atom is 0.0940 e. The normalized spacial score (nSPS) is 42.6. The van der Waals surface area contributed by atoms with E-state index >= 15 is 0 Å². The van der Waals surface area contributed by atoms with Gasteiger partial charge in [0.15, 0.2) is 0 Å². The third kappa shape index (κ3) is 3.94. The van der Waals surface area contributed by atoms with Gasteiger partial charge in [-0.25, -0.2) is 0 Å². The van der Waals surface area contributed by atoms with Gasteiger partial charge in [0.2, 0.25) is 0 Å². The second-order valence-electron chi connectivity index (χ2n) is 7.66. The molecule has 0 aromatic heterocycles. The van der Waals surface area contributed by atoms with Crippen LogP contribution in [0.25, 0.3) is 0 Å². The Morgan fingerprint density at radius 2 is 1.95 bits per heavy atom. The van der Waals surface area contributed by atoms with E-state index in [2.05, 4.69) is 32.6 Å². The fourth-order valence-corrected chi connectivity index (χ4v) is 4.12. The Morgan fingerprint density at radius 1 is 1.25 bits per heavy atom. The van der Waals surface area contributed by atoms with Crippen LogP contribution in [0, 0.1) is 17.8 Å². The van der Waals surface area contributed by atoms with Crippen LogP contribution in [0.3, 0.4) is 0 Å². The number of ether oxygens (including phenoxy) is 1. The van der Waals surface area contributed by atoms with E-state index in [1.54, 1.807) is 0 Å². The quantitative estimate of drug-likeness (QED) is 0.825. The molecule has 2 fully saturated rings. The lowest BCUT2D eigenvalue weighted by Crippen LogP contribution is -2.56. The topological polar surface area (TPSA) is 52.9 Å². The summed E-state index contributed by atoms with van der Waals surface area (Å²) in [6, 6.07) is 0. The molecule has 0 bridgehead atoms. The van der Waals surface area contributed by atoms with Crippen LogP contribution in [0.1, 0.15) is 40.5 Å². The van der Waals surface area contributed by atoms with E-state index in [9.17, 15) is 10.2 Å². The van der Waals surface area contributed by atoms with Crippen LogP contribution in [-0.4, -0.2) is 59.2 Å². The standard InChI is InChI=1S/C16H31NO3/c1-11-5-12(2)14(15(19)6-11)8-17-7-13(9-18)20-16(3,4)10-17/h11-15,18-19H,5-10H2,1-4H3. The molecular formula is C16H31NO3. The average Bonchev–Trinajstić information content (AvgIpc) is 2.31. The maximum atomic E-state index is 10.4. The molecule has 5 unspecified atom stereocenters. The lowest BCUT2D eigenvalue weighted by molar-refractivity contribution is -0.155. The Kier molecular flexibility index (Phi) is 5.11. The zero-order valence-corrected chi connectivity index (χ0v) is 13.4. The number of aliphatic hydroxyl groups is 2. The Morgan fingerprint density at radius 3 is 2.55 bits per heavy atom. The lowest BCUT2D eigenvalue weighted by atomic mass is 9.73. The second kappa shape index (κ2) is 6.30. The van der Waals surface area contributed by atoms with E-state index in [0.29, 0.717) is 17.8 Å². The molecule has 1 aliphatic carbocycles. The van der Waals surface area contributed by atoms with E-state index in [1.807, 2.05) is 0 Å². The molecule has 2 aliphatic rings. The van der Waals surface area contributed by atoms with Crippen molar-refractivity contribution in [1.29, 1.82) is 0 Å². The first-order valence-corrected chi connectivity index (χ1v) is 8.00. The Balaban J connectivity index is 1.97. The summed E-state index contributed by atoms with van der Waals surface area (Å²) in [5.74, 6) is 1.54. The van der Waals surface area contributed by atoms with E-state index in [4.69, 9.17) is 4.74 Å². The van der Waals surface area contributed by atoms with Crippen LogP contribution in [0.15, 0.2) is 0 Å². The zero-order chi connectivity index (χ0) is 14.9. The van der Waals surface area contributed by atoms with Gasteiger partial charge in [0, 0.05) is 25.6 Å². The fourth-order valence-electron chi connectivity index (χ4n) is 4.12. The SMILES string of the molecule is CC1CC(C)C(CN2CC(CO)OC(C)(C)C2)C(O)C1. The Hall–Kier alpha value is -0.160. The van der Waals surface area contributed by atoms with Crippen molar-refractivity contribution >= 4 is 0 Å². The number of nitrogens with zero attached hydrogens (tertiary/aromatic N) is 1. The highest BCUT2D eigenvalue weighted by atomic mass is 16.5. The Bertz CT molecular complexity index is 309. The van der Waals surface area contributed by atoms with Crippen molar-refractivity contribution < 1.29 is 14.9 Å². The van der Waals surface area contributed by atoms with Crippen LogP contribution in [-0.2, 0) is 4.74 Å². The number of aliphatic hydroxyl groups excluding tert-OH is 2. The largest absolute Gasteiger partial charge is 0.394 e. The molecule has 1 heterocycles. The summed E-state index contributed by atoms with van der Waals surface area (Å²) < 4.78 is 5.86. The third-order valence-electron chi connectivity index (χ3n) is 4.87. The lowest BCUT2D eigenvalue weighted by Gasteiger charge is -2.46. The van der Waals surface area contributed by atoms with Crippen LogP contribution in [0.5, 0.6) is 0 Å². The first-order valence-electron chi connectivity index (χ1n) is 8.00. The predicted octanol–water partition coefficient (Wildman–Crippen LogP) is 1.50. The minimum atomic E-state index is -0.220. The zero-order valence-electron chi connectivity index (χ0n) is 13.4. The van der Waals surface area contributed by atoms with Gasteiger partial charge in [-0.05, 0) is 38.5 Å². The molecule has 20 heavy (non-hydrogen) atoms. The van der Waals surface area contributed by atoms with Gasteiger partial charge < -0.3 is 14.9 Å². The summed E-state index contributed by atoms with van der Waals surface area (Å²) in [4.78, 5) is 2.37. The van der Waals surface area contributed by atoms with Gasteiger partial charge in [-0.2, -0.15) is 0 Å². The summed E-state index contributed by atoms with van der Waals surface area (Å²) in [7, 11) is 0. The summed E-state index contributed by atoms with van der Waals surface area (Å²) >= 11 is 0. The molecule has 4 heteroatoms. The minimum absolute atomic E-state index is 0.0692. The van der Waals surface area contributed by atoms with Crippen molar-refractivity contribution in [2.75, 3.05) is 26.2 Å². The smallest absolute Gasteiger partial charge is 0.0940 e. The molecule has 1 aliphatic heterocycles. The van der Waals surface area contributed by atoms with E-state index in [0.717, 1.165) is 26.1 Å². The molecule has 5 atom stereocenters. The molecular weight excluding hydrogens is 254 g/mol. The summed E-state index contributed by atoms with van der Waals surface area (Å²) in [5, 5.41) is 19.8. The van der Waals surface area contributed by atoms with Crippen LogP contribution < -0.4 is 0 Å². The van der Waals surface area contributed by atoms with Crippen LogP contribution in [0.4, 0.5) is 0 Å². The summed E-state index contributed by atoms with van der Waals surface area (Å²) in [6.07, 6.45) is 1.84. The molecule has 1 saturated carbocycles. The van der Waals surface area contributed by atoms with Crippen LogP contribution >= 0.6 is 0 Å². The first kappa shape index (κ1) is 16.2. The third-order valence-corrected chi connectivity index (χ3v) is 4.87. The van der Waals surface area contributed by atoms with Gasteiger partial charge in [0.05, 0.1) is 24.4 Å². The molecule has 0 amide bonds. The molecule has 0 spiro atoms. The molecule has 0 radical (unpaired) electrons. The van der Waals surface area contributed by atoms with Gasteiger partial charge >= 0.3 is 0 Å². The number of rotatable bonds is 3. The van der Waals surface area contributed by atoms with Crippen molar-refractivity contribution in [3.8, 4) is 0 Å². The van der Waals surface area contributed by atoms with Crippen molar-refractivity contribution in [1.82, 2.24) is 4.90 Å². The highest BCUT2D eigenvalue weighted by Crippen LogP contribution is 2.35. The number of hydrogen-bond acceptors (Lipinski definition) is 4. The highest BCUT2D eigenvalue weighted by Gasteiger charge is 2.38. The van der Waals surface area contributed by atoms with Crippen LogP contribution in [0.2, 0.25) is 0 Å². The van der Waals surface area contributed by atoms with Crippen molar-refractivity contribution in [3.63, 3.8) is 0 Å². The van der Waals surface area contributed by atoms with Crippen molar-refractivity contribution in [2.45, 2.75) is 58.3 Å². The van der Waals surface area contributed by atoms with Gasteiger partial charge in [-0.1, -0.05) is 13.8 Å². The molecule has 2 rings (SSSR count). The Labute approximate surface area is 123 Å². The monoisotopic (exact) mass is 285 g/mol. The van der Waals surface area contributed by atoms with E-state index in [-0.39, 0.29) is 24.4 Å². The fraction of sp³-hybridized carbons (Fsp3) is 1.00. The van der Waals surface area contributed by atoms with Gasteiger partial charge in [0.25, 0.3) is 0 Å². The van der Waals surface area contributed by atoms with E-state index in [1.165, 1.54) is 6.42 Å². The first-order chi connectivity index (χ1) is 9.30. The summed E-state index contributed by atoms with van der Waals surface area (Å²) in [6.45, 7) is 11.3. The van der Waals surface area contributed by atoms with Gasteiger partial charge in [-0.15, -0.1) is 0 Å². The highest BCUT2D eigenvalue weighted by molar-refractivity contribution is 4.89. The molecule has 118 valence electrons. The minimum Gasteiger partial charge on any atom is -0.394 e. The molecule has 2 N–H and O–H groups in total. The predicted molar refractivity (Wildman–Crippen MR) is 79.5 cm³/mol. The molecule has 0 aromatic rings. The van der Waals surface area contributed by atoms with Crippen molar-refractivity contribution in [2.24, 2.45) is 17.8 Å². The van der Waals surface area contributed by atoms with E-state index < -0.39 is 0 Å². The maximum absolute atomic E-state index is 10.4. The average molecular weight is 285 g/mol. The molecule has 4 nitrogen and oxygen atoms in total. The molecule has 0 aromatic carbocycles. The van der Waals surface area contributed by atoms with Crippen molar-refractivity contribution in [3.05, 3.63) is 0 Å². The number of hydrogen-bond donors (Lipinski definition) is 2. The number of morpholine rings is 1. The van der Waals surface area contributed by atoms with Gasteiger partial charge in [0.1, 0.15) is 0 Å².